The standard InChI is InChI=1S/C23H26N4O2S/c1-26(20-13-7-11-18-10-5-6-12-19(18)20)21(28)16-30-23-25-24-22(29)27(23)15-14-17-8-3-2-4-9-17/h2-6,8-10,12,20H,7,11,13-16H2,1H3,(H,24,29)/t20-/m1/s1. The lowest BCUT2D eigenvalue weighted by molar-refractivity contribution is -0.129. The third-order valence-corrected chi connectivity index (χ3v) is 6.67. The summed E-state index contributed by atoms with van der Waals surface area (Å²) in [7, 11) is 1.88. The van der Waals surface area contributed by atoms with Crippen LogP contribution in [0, 0.1) is 0 Å². The molecule has 156 valence electrons. The van der Waals surface area contributed by atoms with Gasteiger partial charge in [-0.25, -0.2) is 9.89 Å². The molecule has 0 saturated carbocycles. The molecule has 6 nitrogen and oxygen atoms in total. The first-order valence-corrected chi connectivity index (χ1v) is 11.3. The van der Waals surface area contributed by atoms with Crippen LogP contribution in [0.1, 0.15) is 35.6 Å². The lowest BCUT2D eigenvalue weighted by Gasteiger charge is -2.33. The van der Waals surface area contributed by atoms with Crippen molar-refractivity contribution in [3.8, 4) is 0 Å². The summed E-state index contributed by atoms with van der Waals surface area (Å²) in [6, 6.07) is 18.5. The number of rotatable bonds is 7. The molecule has 3 aromatic rings. The summed E-state index contributed by atoms with van der Waals surface area (Å²) in [5.41, 5.74) is 3.51. The van der Waals surface area contributed by atoms with E-state index < -0.39 is 0 Å². The number of aryl methyl sites for hydroxylation is 2. The Morgan fingerprint density at radius 1 is 1.20 bits per heavy atom. The number of hydrogen-bond acceptors (Lipinski definition) is 4. The second-order valence-electron chi connectivity index (χ2n) is 7.60. The second-order valence-corrected chi connectivity index (χ2v) is 8.54. The summed E-state index contributed by atoms with van der Waals surface area (Å²) in [4.78, 5) is 26.9. The molecule has 2 aromatic carbocycles. The van der Waals surface area contributed by atoms with Gasteiger partial charge in [0.2, 0.25) is 5.91 Å². The first-order valence-electron chi connectivity index (χ1n) is 10.3. The van der Waals surface area contributed by atoms with E-state index in [-0.39, 0.29) is 23.4 Å². The average Bonchev–Trinajstić information content (AvgIpc) is 3.15. The van der Waals surface area contributed by atoms with Crippen molar-refractivity contribution in [1.82, 2.24) is 19.7 Å². The summed E-state index contributed by atoms with van der Waals surface area (Å²) in [5.74, 6) is 0.303. The van der Waals surface area contributed by atoms with Crippen LogP contribution in [-0.2, 0) is 24.2 Å². The van der Waals surface area contributed by atoms with E-state index in [4.69, 9.17) is 0 Å². The van der Waals surface area contributed by atoms with Crippen LogP contribution in [0.3, 0.4) is 0 Å². The average molecular weight is 423 g/mol. The summed E-state index contributed by atoms with van der Waals surface area (Å²) >= 11 is 1.31. The molecule has 0 unspecified atom stereocenters. The number of aromatic amines is 1. The van der Waals surface area contributed by atoms with Gasteiger partial charge in [-0.3, -0.25) is 9.36 Å². The smallest absolute Gasteiger partial charge is 0.338 e. The third kappa shape index (κ3) is 4.51. The Balaban J connectivity index is 1.39. The summed E-state index contributed by atoms with van der Waals surface area (Å²) in [5, 5.41) is 7.20. The lowest BCUT2D eigenvalue weighted by atomic mass is 9.87. The monoisotopic (exact) mass is 422 g/mol. The van der Waals surface area contributed by atoms with E-state index in [1.54, 1.807) is 4.57 Å². The van der Waals surface area contributed by atoms with E-state index in [0.717, 1.165) is 31.2 Å². The number of aromatic nitrogens is 3. The fourth-order valence-electron chi connectivity index (χ4n) is 4.03. The van der Waals surface area contributed by atoms with Gasteiger partial charge in [-0.2, -0.15) is 0 Å². The largest absolute Gasteiger partial charge is 0.343 e. The SMILES string of the molecule is CN(C(=O)CSc1n[nH]c(=O)n1CCc1ccccc1)[C@@H]1CCCc2ccccc21. The van der Waals surface area contributed by atoms with Crippen LogP contribution in [0.15, 0.2) is 64.5 Å². The van der Waals surface area contributed by atoms with Crippen molar-refractivity contribution in [3.05, 3.63) is 81.8 Å². The molecule has 1 heterocycles. The van der Waals surface area contributed by atoms with Crippen LogP contribution in [0.2, 0.25) is 0 Å². The van der Waals surface area contributed by atoms with Gasteiger partial charge in [-0.15, -0.1) is 5.10 Å². The molecule has 0 saturated heterocycles. The first-order chi connectivity index (χ1) is 14.6. The maximum absolute atomic E-state index is 12.9. The molecule has 30 heavy (non-hydrogen) atoms. The number of fused-ring (bicyclic) bond motifs is 1. The topological polar surface area (TPSA) is 71.0 Å². The number of H-pyrrole nitrogens is 1. The highest BCUT2D eigenvalue weighted by molar-refractivity contribution is 7.99. The van der Waals surface area contributed by atoms with Crippen LogP contribution >= 0.6 is 11.8 Å². The molecule has 7 heteroatoms. The molecule has 1 amide bonds. The minimum absolute atomic E-state index is 0.0479. The Hall–Kier alpha value is -2.80. The van der Waals surface area contributed by atoms with Crippen LogP contribution in [0.5, 0.6) is 0 Å². The molecule has 1 N–H and O–H groups in total. The molecule has 1 aliphatic carbocycles. The number of benzene rings is 2. The number of nitrogens with one attached hydrogen (secondary N) is 1. The van der Waals surface area contributed by atoms with E-state index in [1.807, 2.05) is 48.3 Å². The molecule has 0 spiro atoms. The zero-order valence-electron chi connectivity index (χ0n) is 17.1. The van der Waals surface area contributed by atoms with Gasteiger partial charge in [-0.1, -0.05) is 66.4 Å². The van der Waals surface area contributed by atoms with Crippen molar-refractivity contribution in [2.75, 3.05) is 12.8 Å². The van der Waals surface area contributed by atoms with Gasteiger partial charge in [-0.05, 0) is 42.4 Å². The van der Waals surface area contributed by atoms with Crippen molar-refractivity contribution in [2.24, 2.45) is 0 Å². The normalized spacial score (nSPS) is 15.6. The summed E-state index contributed by atoms with van der Waals surface area (Å²) in [6.07, 6.45) is 3.88. The van der Waals surface area contributed by atoms with Crippen LogP contribution in [-0.4, -0.2) is 38.4 Å². The number of carbonyl (C=O) groups excluding carboxylic acids is 1. The van der Waals surface area contributed by atoms with E-state index in [0.29, 0.717) is 11.7 Å². The van der Waals surface area contributed by atoms with E-state index >= 15 is 0 Å². The molecule has 1 aliphatic rings. The molecule has 0 aliphatic heterocycles. The Labute approximate surface area is 180 Å². The number of nitrogens with zero attached hydrogens (tertiary/aromatic N) is 3. The molecular weight excluding hydrogens is 396 g/mol. The summed E-state index contributed by atoms with van der Waals surface area (Å²) in [6.45, 7) is 0.529. The van der Waals surface area contributed by atoms with Gasteiger partial charge in [0, 0.05) is 13.6 Å². The van der Waals surface area contributed by atoms with E-state index in [2.05, 4.69) is 28.4 Å². The van der Waals surface area contributed by atoms with Crippen molar-refractivity contribution < 1.29 is 4.79 Å². The number of thioether (sulfide) groups is 1. The van der Waals surface area contributed by atoms with Crippen LogP contribution in [0.25, 0.3) is 0 Å². The minimum atomic E-state index is -0.240. The van der Waals surface area contributed by atoms with Crippen molar-refractivity contribution in [2.45, 2.75) is 43.4 Å². The Kier molecular flexibility index (Phi) is 6.38. The maximum atomic E-state index is 12.9. The fourth-order valence-corrected chi connectivity index (χ4v) is 4.93. The highest BCUT2D eigenvalue weighted by Gasteiger charge is 2.26. The molecule has 1 atom stereocenters. The molecule has 0 radical (unpaired) electrons. The van der Waals surface area contributed by atoms with Crippen LogP contribution < -0.4 is 5.69 Å². The highest BCUT2D eigenvalue weighted by atomic mass is 32.2. The Morgan fingerprint density at radius 2 is 1.97 bits per heavy atom. The van der Waals surface area contributed by atoms with Crippen molar-refractivity contribution in [1.29, 1.82) is 0 Å². The van der Waals surface area contributed by atoms with E-state index in [1.165, 1.54) is 22.9 Å². The molecule has 0 fully saturated rings. The van der Waals surface area contributed by atoms with Gasteiger partial charge >= 0.3 is 5.69 Å². The molecular formula is C23H26N4O2S. The fraction of sp³-hybridized carbons (Fsp3) is 0.348. The predicted octanol–water partition coefficient (Wildman–Crippen LogP) is 3.44. The second kappa shape index (κ2) is 9.34. The number of carbonyl (C=O) groups is 1. The number of hydrogen-bond donors (Lipinski definition) is 1. The first kappa shape index (κ1) is 20.5. The van der Waals surface area contributed by atoms with Gasteiger partial charge in [0.15, 0.2) is 5.16 Å². The van der Waals surface area contributed by atoms with Gasteiger partial charge in [0.05, 0.1) is 11.8 Å². The Bertz CT molecular complexity index is 1060. The zero-order valence-corrected chi connectivity index (χ0v) is 17.9. The predicted molar refractivity (Wildman–Crippen MR) is 119 cm³/mol. The summed E-state index contributed by atoms with van der Waals surface area (Å²) < 4.78 is 1.61. The van der Waals surface area contributed by atoms with Gasteiger partial charge < -0.3 is 4.90 Å². The van der Waals surface area contributed by atoms with Crippen molar-refractivity contribution >= 4 is 17.7 Å². The third-order valence-electron chi connectivity index (χ3n) is 5.71. The van der Waals surface area contributed by atoms with Crippen LogP contribution in [0.4, 0.5) is 0 Å². The molecule has 0 bridgehead atoms. The highest BCUT2D eigenvalue weighted by Crippen LogP contribution is 2.33. The van der Waals surface area contributed by atoms with E-state index in [9.17, 15) is 9.59 Å². The quantitative estimate of drug-likeness (QED) is 0.592. The van der Waals surface area contributed by atoms with Gasteiger partial charge in [0.1, 0.15) is 0 Å². The molecule has 1 aromatic heterocycles. The van der Waals surface area contributed by atoms with Gasteiger partial charge in [0.25, 0.3) is 0 Å². The molecule has 4 rings (SSSR count). The number of amides is 1. The van der Waals surface area contributed by atoms with Crippen molar-refractivity contribution in [3.63, 3.8) is 0 Å². The Morgan fingerprint density at radius 3 is 2.80 bits per heavy atom. The lowest BCUT2D eigenvalue weighted by Crippen LogP contribution is -2.34. The minimum Gasteiger partial charge on any atom is -0.338 e. The maximum Gasteiger partial charge on any atom is 0.343 e. The zero-order chi connectivity index (χ0) is 20.9.